The summed E-state index contributed by atoms with van der Waals surface area (Å²) in [6, 6.07) is 7.07. The summed E-state index contributed by atoms with van der Waals surface area (Å²) in [4.78, 5) is 26.8. The molecule has 1 aromatic carbocycles. The maximum Gasteiger partial charge on any atom is 0.405 e. The van der Waals surface area contributed by atoms with Gasteiger partial charge in [-0.3, -0.25) is 9.59 Å². The number of nitrogens with one attached hydrogen (secondary N) is 1. The van der Waals surface area contributed by atoms with Crippen molar-refractivity contribution in [2.75, 3.05) is 36.0 Å². The van der Waals surface area contributed by atoms with E-state index in [1.807, 2.05) is 5.32 Å². The Balaban J connectivity index is 2.14. The Morgan fingerprint density at radius 2 is 1.83 bits per heavy atom. The van der Waals surface area contributed by atoms with Gasteiger partial charge in [0.2, 0.25) is 11.8 Å². The number of carbonyl (C=O) groups is 2. The van der Waals surface area contributed by atoms with E-state index >= 15 is 0 Å². The van der Waals surface area contributed by atoms with E-state index in [-0.39, 0.29) is 12.5 Å². The fourth-order valence-corrected chi connectivity index (χ4v) is 2.54. The Hall–Kier alpha value is -2.25. The largest absolute Gasteiger partial charge is 0.405 e. The zero-order valence-corrected chi connectivity index (χ0v) is 12.7. The second kappa shape index (κ2) is 6.89. The standard InChI is InChI=1S/C15H18F3N3O2/c1-11(22)21-8-4-7-20(12-5-2-3-6-13(12)21)9-14(23)19-10-15(16,17)18/h2-3,5-6H,4,7-10H2,1H3,(H,19,23). The summed E-state index contributed by atoms with van der Waals surface area (Å²) in [7, 11) is 0. The van der Waals surface area contributed by atoms with Gasteiger partial charge < -0.3 is 15.1 Å². The summed E-state index contributed by atoms with van der Waals surface area (Å²) in [5, 5.41) is 1.87. The molecule has 0 saturated heterocycles. The number of fused-ring (bicyclic) bond motifs is 1. The predicted octanol–water partition coefficient (Wildman–Crippen LogP) is 1.93. The average Bonchev–Trinajstić information content (AvgIpc) is 2.65. The van der Waals surface area contributed by atoms with Gasteiger partial charge in [-0.15, -0.1) is 0 Å². The van der Waals surface area contributed by atoms with Gasteiger partial charge in [0.25, 0.3) is 0 Å². The first kappa shape index (κ1) is 17.1. The molecule has 2 amide bonds. The lowest BCUT2D eigenvalue weighted by Gasteiger charge is -2.25. The smallest absolute Gasteiger partial charge is 0.360 e. The molecule has 8 heteroatoms. The van der Waals surface area contributed by atoms with E-state index in [4.69, 9.17) is 0 Å². The third kappa shape index (κ3) is 4.61. The highest BCUT2D eigenvalue weighted by Crippen LogP contribution is 2.32. The summed E-state index contributed by atoms with van der Waals surface area (Å²) in [6.07, 6.45) is -3.81. The Morgan fingerprint density at radius 3 is 2.43 bits per heavy atom. The van der Waals surface area contributed by atoms with Crippen molar-refractivity contribution in [3.05, 3.63) is 24.3 Å². The molecule has 0 atom stereocenters. The van der Waals surface area contributed by atoms with Crippen LogP contribution in [0.2, 0.25) is 0 Å². The van der Waals surface area contributed by atoms with Gasteiger partial charge in [-0.2, -0.15) is 13.2 Å². The van der Waals surface area contributed by atoms with Crippen molar-refractivity contribution in [2.45, 2.75) is 19.5 Å². The van der Waals surface area contributed by atoms with Crippen molar-refractivity contribution in [3.63, 3.8) is 0 Å². The lowest BCUT2D eigenvalue weighted by Crippen LogP contribution is -2.41. The number of amides is 2. The van der Waals surface area contributed by atoms with Crippen LogP contribution in [0.4, 0.5) is 24.5 Å². The molecule has 0 radical (unpaired) electrons. The second-order valence-electron chi connectivity index (χ2n) is 5.33. The van der Waals surface area contributed by atoms with E-state index in [9.17, 15) is 22.8 Å². The van der Waals surface area contributed by atoms with E-state index in [1.165, 1.54) is 6.92 Å². The maximum atomic E-state index is 12.2. The van der Waals surface area contributed by atoms with Gasteiger partial charge in [-0.05, 0) is 18.6 Å². The first-order valence-electron chi connectivity index (χ1n) is 7.23. The molecule has 23 heavy (non-hydrogen) atoms. The Labute approximate surface area is 132 Å². The maximum absolute atomic E-state index is 12.2. The number of rotatable bonds is 3. The van der Waals surface area contributed by atoms with Gasteiger partial charge in [0.1, 0.15) is 6.54 Å². The SMILES string of the molecule is CC(=O)N1CCCN(CC(=O)NCC(F)(F)F)c2ccccc21. The molecule has 0 fully saturated rings. The van der Waals surface area contributed by atoms with Crippen LogP contribution < -0.4 is 15.1 Å². The number of benzene rings is 1. The molecule has 126 valence electrons. The fraction of sp³-hybridized carbons (Fsp3) is 0.467. The van der Waals surface area contributed by atoms with Crippen molar-refractivity contribution in [1.29, 1.82) is 0 Å². The third-order valence-corrected chi connectivity index (χ3v) is 3.52. The van der Waals surface area contributed by atoms with Gasteiger partial charge >= 0.3 is 6.18 Å². The highest BCUT2D eigenvalue weighted by Gasteiger charge is 2.29. The molecule has 0 saturated carbocycles. The van der Waals surface area contributed by atoms with Crippen molar-refractivity contribution in [3.8, 4) is 0 Å². The Bertz CT molecular complexity index is 590. The first-order valence-corrected chi connectivity index (χ1v) is 7.23. The second-order valence-corrected chi connectivity index (χ2v) is 5.33. The Morgan fingerprint density at radius 1 is 1.17 bits per heavy atom. The third-order valence-electron chi connectivity index (χ3n) is 3.52. The summed E-state index contributed by atoms with van der Waals surface area (Å²) in [5.74, 6) is -0.811. The monoisotopic (exact) mass is 329 g/mol. The molecule has 1 aliphatic heterocycles. The van der Waals surface area contributed by atoms with Crippen molar-refractivity contribution < 1.29 is 22.8 Å². The van der Waals surface area contributed by atoms with Crippen LogP contribution >= 0.6 is 0 Å². The highest BCUT2D eigenvalue weighted by molar-refractivity contribution is 5.96. The molecule has 1 aromatic rings. The minimum atomic E-state index is -4.43. The predicted molar refractivity (Wildman–Crippen MR) is 80.4 cm³/mol. The molecule has 2 rings (SSSR count). The van der Waals surface area contributed by atoms with Crippen molar-refractivity contribution in [1.82, 2.24) is 5.32 Å². The average molecular weight is 329 g/mol. The van der Waals surface area contributed by atoms with Gasteiger partial charge in [-0.1, -0.05) is 12.1 Å². The summed E-state index contributed by atoms with van der Waals surface area (Å²) < 4.78 is 36.5. The molecular formula is C15H18F3N3O2. The van der Waals surface area contributed by atoms with Crippen LogP contribution in [-0.4, -0.2) is 44.2 Å². The van der Waals surface area contributed by atoms with Crippen molar-refractivity contribution >= 4 is 23.2 Å². The van der Waals surface area contributed by atoms with Crippen LogP contribution in [0.5, 0.6) is 0 Å². The van der Waals surface area contributed by atoms with Crippen LogP contribution in [0.25, 0.3) is 0 Å². The normalized spacial score (nSPS) is 15.0. The number of anilines is 2. The van der Waals surface area contributed by atoms with E-state index in [2.05, 4.69) is 0 Å². The molecule has 1 heterocycles. The van der Waals surface area contributed by atoms with Crippen LogP contribution in [0.1, 0.15) is 13.3 Å². The first-order chi connectivity index (χ1) is 10.8. The van der Waals surface area contributed by atoms with E-state index in [0.29, 0.717) is 30.9 Å². The number of halogens is 3. The van der Waals surface area contributed by atoms with E-state index in [0.717, 1.165) is 0 Å². The molecular weight excluding hydrogens is 311 g/mol. The van der Waals surface area contributed by atoms with Gasteiger partial charge in [-0.25, -0.2) is 0 Å². The number of hydrogen-bond donors (Lipinski definition) is 1. The lowest BCUT2D eigenvalue weighted by molar-refractivity contribution is -0.137. The summed E-state index contributed by atoms with van der Waals surface area (Å²) in [6.45, 7) is 0.926. The van der Waals surface area contributed by atoms with Gasteiger partial charge in [0, 0.05) is 20.0 Å². The number of hydrogen-bond acceptors (Lipinski definition) is 3. The van der Waals surface area contributed by atoms with Crippen LogP contribution in [-0.2, 0) is 9.59 Å². The minimum absolute atomic E-state index is 0.110. The van der Waals surface area contributed by atoms with Crippen LogP contribution in [0.15, 0.2) is 24.3 Å². The van der Waals surface area contributed by atoms with Crippen LogP contribution in [0.3, 0.4) is 0 Å². The molecule has 1 aliphatic rings. The van der Waals surface area contributed by atoms with E-state index < -0.39 is 18.6 Å². The molecule has 0 unspecified atom stereocenters. The number of alkyl halides is 3. The summed E-state index contributed by atoms with van der Waals surface area (Å²) in [5.41, 5.74) is 1.34. The fourth-order valence-electron chi connectivity index (χ4n) is 2.54. The van der Waals surface area contributed by atoms with Gasteiger partial charge in [0.15, 0.2) is 0 Å². The van der Waals surface area contributed by atoms with E-state index in [1.54, 1.807) is 34.1 Å². The zero-order valence-electron chi connectivity index (χ0n) is 12.7. The van der Waals surface area contributed by atoms with Crippen LogP contribution in [0, 0.1) is 0 Å². The summed E-state index contributed by atoms with van der Waals surface area (Å²) >= 11 is 0. The quantitative estimate of drug-likeness (QED) is 0.922. The highest BCUT2D eigenvalue weighted by atomic mass is 19.4. The molecule has 0 bridgehead atoms. The molecule has 5 nitrogen and oxygen atoms in total. The topological polar surface area (TPSA) is 52.7 Å². The molecule has 0 aromatic heterocycles. The number of para-hydroxylation sites is 2. The molecule has 0 spiro atoms. The molecule has 0 aliphatic carbocycles. The Kier molecular flexibility index (Phi) is 5.12. The lowest BCUT2D eigenvalue weighted by atomic mass is 10.2. The molecule has 1 N–H and O–H groups in total. The number of carbonyl (C=O) groups excluding carboxylic acids is 2. The minimum Gasteiger partial charge on any atom is -0.360 e. The number of nitrogens with zero attached hydrogens (tertiary/aromatic N) is 2. The van der Waals surface area contributed by atoms with Crippen molar-refractivity contribution in [2.24, 2.45) is 0 Å². The van der Waals surface area contributed by atoms with Gasteiger partial charge in [0.05, 0.1) is 17.9 Å². The zero-order chi connectivity index (χ0) is 17.0.